The van der Waals surface area contributed by atoms with Crippen LogP contribution in [0.3, 0.4) is 0 Å². The van der Waals surface area contributed by atoms with Crippen LogP contribution in [-0.2, 0) is 9.53 Å². The lowest BCUT2D eigenvalue weighted by Crippen LogP contribution is -2.26. The highest BCUT2D eigenvalue weighted by molar-refractivity contribution is 6.31. The van der Waals surface area contributed by atoms with Gasteiger partial charge in [-0.05, 0) is 43.3 Å². The number of hydrogen-bond acceptors (Lipinski definition) is 4. The minimum atomic E-state index is -0.416. The van der Waals surface area contributed by atoms with E-state index in [0.29, 0.717) is 17.9 Å². The summed E-state index contributed by atoms with van der Waals surface area (Å²) in [4.78, 5) is 14.3. The molecule has 5 nitrogen and oxygen atoms in total. The van der Waals surface area contributed by atoms with Gasteiger partial charge in [0, 0.05) is 43.3 Å². The van der Waals surface area contributed by atoms with E-state index in [1.807, 2.05) is 24.3 Å². The van der Waals surface area contributed by atoms with Gasteiger partial charge in [-0.25, -0.2) is 4.39 Å². The lowest BCUT2D eigenvalue weighted by atomic mass is 10.1. The number of fused-ring (bicyclic) bond motifs is 1. The molecule has 136 valence electrons. The SMILES string of the molecule is CCN(CCOC)c1ccc(N/C=C2\C(=O)Nc3cccc(F)c32)cc1. The van der Waals surface area contributed by atoms with Crippen LogP contribution in [0.5, 0.6) is 0 Å². The minimum absolute atomic E-state index is 0.289. The van der Waals surface area contributed by atoms with Crippen molar-refractivity contribution in [3.05, 3.63) is 60.0 Å². The zero-order chi connectivity index (χ0) is 18.5. The number of methoxy groups -OCH3 is 1. The van der Waals surface area contributed by atoms with Crippen molar-refractivity contribution in [1.29, 1.82) is 0 Å². The fourth-order valence-corrected chi connectivity index (χ4v) is 2.94. The summed E-state index contributed by atoms with van der Waals surface area (Å²) < 4.78 is 19.2. The van der Waals surface area contributed by atoms with Crippen LogP contribution in [0.4, 0.5) is 21.5 Å². The summed E-state index contributed by atoms with van der Waals surface area (Å²) in [6.45, 7) is 4.47. The minimum Gasteiger partial charge on any atom is -0.383 e. The van der Waals surface area contributed by atoms with Crippen LogP contribution in [0, 0.1) is 5.82 Å². The van der Waals surface area contributed by atoms with Gasteiger partial charge in [0.15, 0.2) is 0 Å². The number of ether oxygens (including phenoxy) is 1. The Labute approximate surface area is 152 Å². The van der Waals surface area contributed by atoms with Gasteiger partial charge in [0.05, 0.1) is 17.9 Å². The van der Waals surface area contributed by atoms with Crippen molar-refractivity contribution < 1.29 is 13.9 Å². The van der Waals surface area contributed by atoms with Crippen molar-refractivity contribution in [2.75, 3.05) is 42.3 Å². The highest BCUT2D eigenvalue weighted by Crippen LogP contribution is 2.33. The zero-order valence-electron chi connectivity index (χ0n) is 14.9. The quantitative estimate of drug-likeness (QED) is 0.744. The second-order valence-corrected chi connectivity index (χ2v) is 5.94. The van der Waals surface area contributed by atoms with E-state index in [1.165, 1.54) is 6.07 Å². The van der Waals surface area contributed by atoms with Crippen LogP contribution < -0.4 is 15.5 Å². The van der Waals surface area contributed by atoms with Gasteiger partial charge in [-0.2, -0.15) is 0 Å². The number of halogens is 1. The molecule has 1 aliphatic rings. The van der Waals surface area contributed by atoms with Crippen molar-refractivity contribution in [3.63, 3.8) is 0 Å². The first kappa shape index (κ1) is 17.9. The third kappa shape index (κ3) is 3.70. The van der Waals surface area contributed by atoms with Crippen molar-refractivity contribution in [2.24, 2.45) is 0 Å². The van der Waals surface area contributed by atoms with E-state index in [-0.39, 0.29) is 11.5 Å². The summed E-state index contributed by atoms with van der Waals surface area (Å²) >= 11 is 0. The number of hydrogen-bond donors (Lipinski definition) is 2. The molecule has 2 N–H and O–H groups in total. The van der Waals surface area contributed by atoms with Crippen molar-refractivity contribution >= 4 is 28.5 Å². The second-order valence-electron chi connectivity index (χ2n) is 5.94. The average Bonchev–Trinajstić information content (AvgIpc) is 2.98. The molecule has 0 unspecified atom stereocenters. The summed E-state index contributed by atoms with van der Waals surface area (Å²) in [5.41, 5.74) is 3.00. The Hall–Kier alpha value is -2.86. The summed E-state index contributed by atoms with van der Waals surface area (Å²) in [5.74, 6) is -0.730. The van der Waals surface area contributed by atoms with Crippen molar-refractivity contribution in [3.8, 4) is 0 Å². The molecule has 0 spiro atoms. The molecule has 1 heterocycles. The highest BCUT2D eigenvalue weighted by Gasteiger charge is 2.27. The Morgan fingerprint density at radius 3 is 2.69 bits per heavy atom. The summed E-state index contributed by atoms with van der Waals surface area (Å²) in [6, 6.07) is 12.5. The Morgan fingerprint density at radius 2 is 2.00 bits per heavy atom. The van der Waals surface area contributed by atoms with E-state index in [4.69, 9.17) is 4.74 Å². The lowest BCUT2D eigenvalue weighted by molar-refractivity contribution is -0.110. The number of carbonyl (C=O) groups excluding carboxylic acids is 1. The molecule has 0 aromatic heterocycles. The van der Waals surface area contributed by atoms with Gasteiger partial charge in [0.1, 0.15) is 5.82 Å². The Bertz CT molecular complexity index is 818. The van der Waals surface area contributed by atoms with Crippen LogP contribution in [-0.4, -0.2) is 32.7 Å². The maximum Gasteiger partial charge on any atom is 0.257 e. The number of nitrogens with zero attached hydrogens (tertiary/aromatic N) is 1. The van der Waals surface area contributed by atoms with Gasteiger partial charge in [0.25, 0.3) is 5.91 Å². The number of anilines is 3. The third-order valence-electron chi connectivity index (χ3n) is 4.34. The molecule has 0 aliphatic carbocycles. The number of rotatable bonds is 7. The smallest absolute Gasteiger partial charge is 0.257 e. The molecule has 0 atom stereocenters. The summed E-state index contributed by atoms with van der Waals surface area (Å²) in [7, 11) is 1.69. The number of carbonyl (C=O) groups is 1. The Kier molecular flexibility index (Phi) is 5.53. The van der Waals surface area contributed by atoms with Gasteiger partial charge in [-0.1, -0.05) is 6.07 Å². The number of benzene rings is 2. The van der Waals surface area contributed by atoms with Gasteiger partial charge in [-0.15, -0.1) is 0 Å². The highest BCUT2D eigenvalue weighted by atomic mass is 19.1. The normalized spacial score (nSPS) is 14.3. The predicted octanol–water partition coefficient (Wildman–Crippen LogP) is 3.70. The van der Waals surface area contributed by atoms with Gasteiger partial charge in [0.2, 0.25) is 0 Å². The second kappa shape index (κ2) is 8.01. The third-order valence-corrected chi connectivity index (χ3v) is 4.34. The number of nitrogens with one attached hydrogen (secondary N) is 2. The topological polar surface area (TPSA) is 53.6 Å². The first-order valence-corrected chi connectivity index (χ1v) is 8.55. The predicted molar refractivity (Wildman–Crippen MR) is 103 cm³/mol. The van der Waals surface area contributed by atoms with E-state index >= 15 is 0 Å². The standard InChI is InChI=1S/C20H22FN3O2/c1-3-24(11-12-26-2)15-9-7-14(8-10-15)22-13-16-19-17(21)5-4-6-18(19)23-20(16)25/h4-10,13,22H,3,11-12H2,1-2H3,(H,23,25)/b16-13-. The van der Waals surface area contributed by atoms with Gasteiger partial charge in [-0.3, -0.25) is 4.79 Å². The number of likely N-dealkylation sites (N-methyl/N-ethyl adjacent to an activating group) is 1. The van der Waals surface area contributed by atoms with Crippen LogP contribution in [0.2, 0.25) is 0 Å². The largest absolute Gasteiger partial charge is 0.383 e. The fraction of sp³-hybridized carbons (Fsp3) is 0.250. The molecule has 26 heavy (non-hydrogen) atoms. The zero-order valence-corrected chi connectivity index (χ0v) is 14.9. The molecule has 0 fully saturated rings. The number of amides is 1. The van der Waals surface area contributed by atoms with E-state index in [9.17, 15) is 9.18 Å². The molecule has 1 amide bonds. The molecule has 3 rings (SSSR count). The van der Waals surface area contributed by atoms with E-state index in [1.54, 1.807) is 25.4 Å². The molecular formula is C20H22FN3O2. The lowest BCUT2D eigenvalue weighted by Gasteiger charge is -2.22. The molecule has 2 aromatic carbocycles. The maximum atomic E-state index is 14.0. The summed E-state index contributed by atoms with van der Waals surface area (Å²) in [6.07, 6.45) is 1.54. The monoisotopic (exact) mass is 355 g/mol. The molecular weight excluding hydrogens is 333 g/mol. The Morgan fingerprint density at radius 1 is 1.23 bits per heavy atom. The van der Waals surface area contributed by atoms with E-state index in [0.717, 1.165) is 24.5 Å². The van der Waals surface area contributed by atoms with Crippen molar-refractivity contribution in [1.82, 2.24) is 0 Å². The van der Waals surface area contributed by atoms with E-state index < -0.39 is 5.82 Å². The van der Waals surface area contributed by atoms with Crippen molar-refractivity contribution in [2.45, 2.75) is 6.92 Å². The molecule has 0 saturated heterocycles. The molecule has 6 heteroatoms. The molecule has 1 aliphatic heterocycles. The fourth-order valence-electron chi connectivity index (χ4n) is 2.94. The van der Waals surface area contributed by atoms with Gasteiger partial charge >= 0.3 is 0 Å². The van der Waals surface area contributed by atoms with E-state index in [2.05, 4.69) is 22.5 Å². The maximum absolute atomic E-state index is 14.0. The Balaban J connectivity index is 1.74. The summed E-state index contributed by atoms with van der Waals surface area (Å²) in [5, 5.41) is 5.75. The van der Waals surface area contributed by atoms with Crippen LogP contribution in [0.15, 0.2) is 48.7 Å². The molecule has 0 saturated carbocycles. The molecule has 2 aromatic rings. The molecule has 0 radical (unpaired) electrons. The first-order chi connectivity index (χ1) is 12.6. The van der Waals surface area contributed by atoms with Crippen LogP contribution in [0.25, 0.3) is 5.57 Å². The molecule has 0 bridgehead atoms. The van der Waals surface area contributed by atoms with Crippen LogP contribution in [0.1, 0.15) is 12.5 Å². The van der Waals surface area contributed by atoms with Gasteiger partial charge < -0.3 is 20.3 Å². The van der Waals surface area contributed by atoms with Crippen LogP contribution >= 0.6 is 0 Å². The first-order valence-electron chi connectivity index (χ1n) is 8.55. The average molecular weight is 355 g/mol.